The van der Waals surface area contributed by atoms with E-state index in [0.29, 0.717) is 0 Å². The number of hydrogen-bond donors (Lipinski definition) is 1. The van der Waals surface area contributed by atoms with Crippen molar-refractivity contribution in [1.82, 2.24) is 4.90 Å². The van der Waals surface area contributed by atoms with Crippen molar-refractivity contribution in [3.05, 3.63) is 12.2 Å². The van der Waals surface area contributed by atoms with Crippen molar-refractivity contribution < 1.29 is 5.11 Å². The molecular weight excluding hydrogens is 296 g/mol. The van der Waals surface area contributed by atoms with E-state index in [9.17, 15) is 5.11 Å². The van der Waals surface area contributed by atoms with Gasteiger partial charge in [0.15, 0.2) is 0 Å². The summed E-state index contributed by atoms with van der Waals surface area (Å²) >= 11 is 0. The summed E-state index contributed by atoms with van der Waals surface area (Å²) in [5.74, 6) is 0. The molecule has 1 rings (SSSR count). The third kappa shape index (κ3) is 10.2. The van der Waals surface area contributed by atoms with Crippen LogP contribution in [0.15, 0.2) is 17.1 Å². The van der Waals surface area contributed by atoms with Crippen LogP contribution in [0, 0.1) is 0 Å². The topological polar surface area (TPSA) is 35.8 Å². The lowest BCUT2D eigenvalue weighted by molar-refractivity contribution is 0.00715. The summed E-state index contributed by atoms with van der Waals surface area (Å²) in [4.78, 5) is 6.51. The molecule has 140 valence electrons. The fourth-order valence-electron chi connectivity index (χ4n) is 3.33. The smallest absolute Gasteiger partial charge is 0.106 e. The van der Waals surface area contributed by atoms with Gasteiger partial charge in [-0.25, -0.2) is 0 Å². The SMILES string of the molecule is CCCCCCCCCC/C=C/CCCCC1N=CCN1C(C)O. The van der Waals surface area contributed by atoms with Gasteiger partial charge in [-0.3, -0.25) is 9.89 Å². The van der Waals surface area contributed by atoms with Crippen molar-refractivity contribution in [3.8, 4) is 0 Å². The van der Waals surface area contributed by atoms with E-state index in [0.717, 1.165) is 13.0 Å². The van der Waals surface area contributed by atoms with E-state index in [2.05, 4.69) is 29.0 Å². The number of unbranched alkanes of at least 4 members (excludes halogenated alkanes) is 10. The highest BCUT2D eigenvalue weighted by Crippen LogP contribution is 2.17. The molecule has 0 bridgehead atoms. The Morgan fingerprint density at radius 2 is 1.58 bits per heavy atom. The minimum absolute atomic E-state index is 0.200. The summed E-state index contributed by atoms with van der Waals surface area (Å²) in [6.45, 7) is 4.90. The van der Waals surface area contributed by atoms with E-state index in [1.165, 1.54) is 77.0 Å². The van der Waals surface area contributed by atoms with E-state index in [-0.39, 0.29) is 12.4 Å². The van der Waals surface area contributed by atoms with Crippen LogP contribution in [-0.4, -0.2) is 35.2 Å². The van der Waals surface area contributed by atoms with Crippen molar-refractivity contribution in [1.29, 1.82) is 0 Å². The summed E-state index contributed by atoms with van der Waals surface area (Å²) in [5.41, 5.74) is 0. The van der Waals surface area contributed by atoms with Crippen molar-refractivity contribution in [2.24, 2.45) is 4.99 Å². The maximum atomic E-state index is 9.67. The van der Waals surface area contributed by atoms with Crippen LogP contribution in [0.5, 0.6) is 0 Å². The molecule has 0 fully saturated rings. The van der Waals surface area contributed by atoms with Gasteiger partial charge in [0.2, 0.25) is 0 Å². The highest BCUT2D eigenvalue weighted by Gasteiger charge is 2.23. The molecule has 1 heterocycles. The maximum Gasteiger partial charge on any atom is 0.106 e. The summed E-state index contributed by atoms with van der Waals surface area (Å²) < 4.78 is 0. The molecule has 3 heteroatoms. The van der Waals surface area contributed by atoms with E-state index in [4.69, 9.17) is 0 Å². The largest absolute Gasteiger partial charge is 0.379 e. The molecule has 1 aliphatic rings. The first-order valence-electron chi connectivity index (χ1n) is 10.4. The van der Waals surface area contributed by atoms with E-state index in [1.807, 2.05) is 13.1 Å². The van der Waals surface area contributed by atoms with Crippen LogP contribution in [0.4, 0.5) is 0 Å². The Balaban J connectivity index is 1.86. The van der Waals surface area contributed by atoms with Crippen LogP contribution in [0.2, 0.25) is 0 Å². The van der Waals surface area contributed by atoms with Crippen LogP contribution in [0.1, 0.15) is 97.3 Å². The molecule has 0 aromatic carbocycles. The average Bonchev–Trinajstić information content (AvgIpc) is 3.04. The van der Waals surface area contributed by atoms with E-state index < -0.39 is 0 Å². The van der Waals surface area contributed by atoms with Gasteiger partial charge >= 0.3 is 0 Å². The number of hydrogen-bond acceptors (Lipinski definition) is 3. The second kappa shape index (κ2) is 14.7. The Morgan fingerprint density at radius 3 is 2.21 bits per heavy atom. The Morgan fingerprint density at radius 1 is 1.00 bits per heavy atom. The first-order valence-corrected chi connectivity index (χ1v) is 10.4. The van der Waals surface area contributed by atoms with Gasteiger partial charge in [-0.1, -0.05) is 64.0 Å². The Bertz CT molecular complexity index is 339. The van der Waals surface area contributed by atoms with Crippen molar-refractivity contribution in [2.75, 3.05) is 6.54 Å². The molecule has 0 radical (unpaired) electrons. The number of aliphatic imine (C=N–C) groups is 1. The van der Waals surface area contributed by atoms with Crippen LogP contribution in [-0.2, 0) is 0 Å². The molecule has 0 saturated carbocycles. The fraction of sp³-hybridized carbons (Fsp3) is 0.857. The summed E-state index contributed by atoms with van der Waals surface area (Å²) in [5, 5.41) is 9.67. The predicted molar refractivity (Wildman–Crippen MR) is 106 cm³/mol. The zero-order valence-corrected chi connectivity index (χ0v) is 16.1. The number of allylic oxidation sites excluding steroid dienone is 2. The second-order valence-corrected chi connectivity index (χ2v) is 7.16. The van der Waals surface area contributed by atoms with Gasteiger partial charge in [0, 0.05) is 12.8 Å². The van der Waals surface area contributed by atoms with Gasteiger partial charge < -0.3 is 5.11 Å². The Labute approximate surface area is 150 Å². The standard InChI is InChI=1S/C21H40N2O/c1-3-4-5-6-7-8-9-10-11-12-13-14-15-16-17-21-22-18-19-23(21)20(2)24/h12-13,18,20-21,24H,3-11,14-17,19H2,1-2H3/b13-12+. The lowest BCUT2D eigenvalue weighted by atomic mass is 10.1. The molecule has 0 aromatic rings. The van der Waals surface area contributed by atoms with Gasteiger partial charge in [0.05, 0.1) is 0 Å². The molecule has 1 N–H and O–H groups in total. The van der Waals surface area contributed by atoms with E-state index in [1.54, 1.807) is 0 Å². The van der Waals surface area contributed by atoms with E-state index >= 15 is 0 Å². The normalized spacial score (nSPS) is 19.5. The minimum atomic E-state index is -0.385. The Kier molecular flexibility index (Phi) is 13.1. The summed E-state index contributed by atoms with van der Waals surface area (Å²) in [6, 6.07) is 0. The summed E-state index contributed by atoms with van der Waals surface area (Å²) in [6.07, 6.45) is 23.6. The molecule has 1 aliphatic heterocycles. The van der Waals surface area contributed by atoms with Crippen molar-refractivity contribution in [3.63, 3.8) is 0 Å². The molecule has 24 heavy (non-hydrogen) atoms. The van der Waals surface area contributed by atoms with Crippen molar-refractivity contribution >= 4 is 6.21 Å². The Hall–Kier alpha value is -0.670. The first kappa shape index (κ1) is 21.4. The van der Waals surface area contributed by atoms with Gasteiger partial charge in [-0.15, -0.1) is 0 Å². The van der Waals surface area contributed by atoms with Crippen LogP contribution >= 0.6 is 0 Å². The summed E-state index contributed by atoms with van der Waals surface area (Å²) in [7, 11) is 0. The predicted octanol–water partition coefficient (Wildman–Crippen LogP) is 5.68. The molecule has 0 aromatic heterocycles. The highest BCUT2D eigenvalue weighted by molar-refractivity contribution is 5.62. The lowest BCUT2D eigenvalue weighted by Gasteiger charge is -2.25. The number of nitrogens with zero attached hydrogens (tertiary/aromatic N) is 2. The monoisotopic (exact) mass is 336 g/mol. The van der Waals surface area contributed by atoms with Gasteiger partial charge in [0.25, 0.3) is 0 Å². The van der Waals surface area contributed by atoms with Crippen LogP contribution in [0.3, 0.4) is 0 Å². The molecule has 0 spiro atoms. The van der Waals surface area contributed by atoms with Gasteiger partial charge in [-0.2, -0.15) is 0 Å². The molecule has 3 nitrogen and oxygen atoms in total. The second-order valence-electron chi connectivity index (χ2n) is 7.16. The van der Waals surface area contributed by atoms with Crippen LogP contribution < -0.4 is 0 Å². The first-order chi connectivity index (χ1) is 11.8. The number of rotatable bonds is 15. The lowest BCUT2D eigenvalue weighted by Crippen LogP contribution is -2.37. The zero-order valence-electron chi connectivity index (χ0n) is 16.1. The third-order valence-electron chi connectivity index (χ3n) is 4.91. The minimum Gasteiger partial charge on any atom is -0.379 e. The highest BCUT2D eigenvalue weighted by atomic mass is 16.3. The van der Waals surface area contributed by atoms with Gasteiger partial charge in [-0.05, 0) is 45.4 Å². The van der Waals surface area contributed by atoms with Gasteiger partial charge in [0.1, 0.15) is 12.4 Å². The molecule has 0 aliphatic carbocycles. The number of aliphatic hydroxyl groups excluding tert-OH is 1. The molecule has 0 saturated heterocycles. The molecule has 2 unspecified atom stereocenters. The quantitative estimate of drug-likeness (QED) is 0.308. The average molecular weight is 337 g/mol. The maximum absolute atomic E-state index is 9.67. The zero-order chi connectivity index (χ0) is 17.5. The molecular formula is C21H40N2O. The molecule has 2 atom stereocenters. The number of aliphatic hydroxyl groups is 1. The fourth-order valence-corrected chi connectivity index (χ4v) is 3.33. The van der Waals surface area contributed by atoms with Crippen LogP contribution in [0.25, 0.3) is 0 Å². The third-order valence-corrected chi connectivity index (χ3v) is 4.91. The van der Waals surface area contributed by atoms with Crippen molar-refractivity contribution in [2.45, 2.75) is 110 Å². The molecule has 0 amide bonds.